The van der Waals surface area contributed by atoms with Gasteiger partial charge in [-0.05, 0) is 29.8 Å². The van der Waals surface area contributed by atoms with Gasteiger partial charge >= 0.3 is 0 Å². The van der Waals surface area contributed by atoms with Crippen molar-refractivity contribution < 1.29 is 0 Å². The summed E-state index contributed by atoms with van der Waals surface area (Å²) < 4.78 is 0. The van der Waals surface area contributed by atoms with Crippen molar-refractivity contribution in [3.8, 4) is 11.3 Å². The first kappa shape index (κ1) is 14.4. The topological polar surface area (TPSA) is 54.5 Å². The number of aryl methyl sites for hydroxylation is 1. The van der Waals surface area contributed by atoms with Crippen LogP contribution in [-0.4, -0.2) is 19.9 Å². The lowest BCUT2D eigenvalue weighted by atomic mass is 10.2. The normalized spacial score (nSPS) is 11.2. The molecule has 6 heteroatoms. The predicted molar refractivity (Wildman–Crippen MR) is 94.9 cm³/mol. The fraction of sp³-hybridized carbons (Fsp3) is 0.118. The minimum absolute atomic E-state index is 0.841. The van der Waals surface area contributed by atoms with Crippen LogP contribution in [0, 0.1) is 0 Å². The standard InChI is InChI=1S/C17H14N4S2/c1-2-12-8-13-15(22-12)19-10-20-16(13)23-17-18-9-14(21-17)11-6-4-3-5-7-11/h3-10H,2H2,1H3,(H,18,21). The summed E-state index contributed by atoms with van der Waals surface area (Å²) in [5, 5.41) is 2.89. The molecule has 4 aromatic rings. The molecule has 0 amide bonds. The molecule has 3 aromatic heterocycles. The molecule has 23 heavy (non-hydrogen) atoms. The Labute approximate surface area is 142 Å². The first-order valence-corrected chi connectivity index (χ1v) is 8.98. The Morgan fingerprint density at radius 2 is 2.00 bits per heavy atom. The summed E-state index contributed by atoms with van der Waals surface area (Å²) in [5.74, 6) is 0. The van der Waals surface area contributed by atoms with E-state index < -0.39 is 0 Å². The predicted octanol–water partition coefficient (Wildman–Crippen LogP) is 4.80. The number of thiophene rings is 1. The summed E-state index contributed by atoms with van der Waals surface area (Å²) in [6.45, 7) is 2.16. The molecule has 0 atom stereocenters. The van der Waals surface area contributed by atoms with Crippen LogP contribution in [0.4, 0.5) is 0 Å². The molecular weight excluding hydrogens is 324 g/mol. The summed E-state index contributed by atoms with van der Waals surface area (Å²) in [7, 11) is 0. The number of imidazole rings is 1. The Kier molecular flexibility index (Phi) is 3.85. The van der Waals surface area contributed by atoms with Gasteiger partial charge in [0.2, 0.25) is 0 Å². The average molecular weight is 338 g/mol. The van der Waals surface area contributed by atoms with E-state index in [9.17, 15) is 0 Å². The van der Waals surface area contributed by atoms with Gasteiger partial charge in [-0.3, -0.25) is 0 Å². The number of rotatable bonds is 4. The second-order valence-electron chi connectivity index (χ2n) is 5.03. The number of aromatic nitrogens is 4. The first-order chi connectivity index (χ1) is 11.3. The summed E-state index contributed by atoms with van der Waals surface area (Å²) in [5.41, 5.74) is 2.14. The monoisotopic (exact) mass is 338 g/mol. The van der Waals surface area contributed by atoms with Gasteiger partial charge in [-0.25, -0.2) is 15.0 Å². The van der Waals surface area contributed by atoms with Gasteiger partial charge in [0.1, 0.15) is 16.2 Å². The molecular formula is C17H14N4S2. The van der Waals surface area contributed by atoms with Gasteiger partial charge < -0.3 is 4.98 Å². The Balaban J connectivity index is 1.66. The molecule has 0 unspecified atom stereocenters. The fourth-order valence-electron chi connectivity index (χ4n) is 2.35. The number of nitrogens with one attached hydrogen (secondary N) is 1. The zero-order valence-corrected chi connectivity index (χ0v) is 14.1. The molecule has 0 bridgehead atoms. The summed E-state index contributed by atoms with van der Waals surface area (Å²) in [6, 6.07) is 12.4. The third kappa shape index (κ3) is 2.87. The minimum Gasteiger partial charge on any atom is -0.333 e. The Bertz CT molecular complexity index is 944. The Hall–Kier alpha value is -2.18. The maximum absolute atomic E-state index is 4.47. The highest BCUT2D eigenvalue weighted by Crippen LogP contribution is 2.34. The van der Waals surface area contributed by atoms with Crippen LogP contribution in [0.2, 0.25) is 0 Å². The quantitative estimate of drug-likeness (QED) is 0.543. The highest BCUT2D eigenvalue weighted by molar-refractivity contribution is 7.99. The van der Waals surface area contributed by atoms with Crippen LogP contribution in [0.25, 0.3) is 21.5 Å². The van der Waals surface area contributed by atoms with E-state index in [1.807, 2.05) is 24.4 Å². The zero-order valence-electron chi connectivity index (χ0n) is 12.5. The summed E-state index contributed by atoms with van der Waals surface area (Å²) in [4.78, 5) is 19.0. The van der Waals surface area contributed by atoms with Crippen molar-refractivity contribution in [1.29, 1.82) is 0 Å². The van der Waals surface area contributed by atoms with E-state index >= 15 is 0 Å². The van der Waals surface area contributed by atoms with Crippen LogP contribution in [0.1, 0.15) is 11.8 Å². The molecule has 1 aromatic carbocycles. The lowest BCUT2D eigenvalue weighted by molar-refractivity contribution is 1.04. The maximum Gasteiger partial charge on any atom is 0.172 e. The van der Waals surface area contributed by atoms with Gasteiger partial charge in [-0.15, -0.1) is 11.3 Å². The molecule has 0 fully saturated rings. The number of hydrogen-bond acceptors (Lipinski definition) is 5. The molecule has 1 N–H and O–H groups in total. The molecule has 4 nitrogen and oxygen atoms in total. The number of hydrogen-bond donors (Lipinski definition) is 1. The van der Waals surface area contributed by atoms with Crippen molar-refractivity contribution in [1.82, 2.24) is 19.9 Å². The van der Waals surface area contributed by atoms with Crippen LogP contribution in [0.5, 0.6) is 0 Å². The van der Waals surface area contributed by atoms with Gasteiger partial charge in [0.05, 0.1) is 11.9 Å². The number of benzene rings is 1. The van der Waals surface area contributed by atoms with Crippen LogP contribution in [0.3, 0.4) is 0 Å². The number of aromatic amines is 1. The summed E-state index contributed by atoms with van der Waals surface area (Å²) >= 11 is 3.27. The van der Waals surface area contributed by atoms with E-state index in [0.717, 1.165) is 38.1 Å². The SMILES string of the molecule is CCc1cc2c(Sc3ncc(-c4ccccc4)[nH]3)ncnc2s1. The van der Waals surface area contributed by atoms with Gasteiger partial charge in [0, 0.05) is 10.3 Å². The fourth-order valence-corrected chi connectivity index (χ4v) is 4.16. The van der Waals surface area contributed by atoms with E-state index in [4.69, 9.17) is 0 Å². The van der Waals surface area contributed by atoms with Crippen LogP contribution < -0.4 is 0 Å². The molecule has 0 saturated heterocycles. The Morgan fingerprint density at radius 3 is 2.83 bits per heavy atom. The van der Waals surface area contributed by atoms with E-state index in [-0.39, 0.29) is 0 Å². The van der Waals surface area contributed by atoms with Crippen molar-refractivity contribution in [3.05, 3.63) is 53.8 Å². The molecule has 0 aliphatic carbocycles. The van der Waals surface area contributed by atoms with E-state index in [2.05, 4.69) is 45.1 Å². The number of fused-ring (bicyclic) bond motifs is 1. The first-order valence-electron chi connectivity index (χ1n) is 7.35. The highest BCUT2D eigenvalue weighted by Gasteiger charge is 2.11. The second kappa shape index (κ2) is 6.14. The smallest absolute Gasteiger partial charge is 0.172 e. The second-order valence-corrected chi connectivity index (χ2v) is 7.13. The maximum atomic E-state index is 4.47. The third-order valence-corrected chi connectivity index (χ3v) is 5.63. The van der Waals surface area contributed by atoms with Crippen LogP contribution in [-0.2, 0) is 6.42 Å². The van der Waals surface area contributed by atoms with Crippen molar-refractivity contribution in [2.75, 3.05) is 0 Å². The lowest BCUT2D eigenvalue weighted by Crippen LogP contribution is -1.84. The average Bonchev–Trinajstić information content (AvgIpc) is 3.22. The zero-order chi connectivity index (χ0) is 15.6. The highest BCUT2D eigenvalue weighted by atomic mass is 32.2. The molecule has 4 rings (SSSR count). The molecule has 0 spiro atoms. The largest absolute Gasteiger partial charge is 0.333 e. The molecule has 3 heterocycles. The molecule has 0 radical (unpaired) electrons. The number of H-pyrrole nitrogens is 1. The Morgan fingerprint density at radius 1 is 1.13 bits per heavy atom. The minimum atomic E-state index is 0.841. The van der Waals surface area contributed by atoms with E-state index in [1.165, 1.54) is 4.88 Å². The van der Waals surface area contributed by atoms with Crippen molar-refractivity contribution >= 4 is 33.3 Å². The van der Waals surface area contributed by atoms with Gasteiger partial charge in [0.15, 0.2) is 5.16 Å². The van der Waals surface area contributed by atoms with Crippen molar-refractivity contribution in [2.24, 2.45) is 0 Å². The summed E-state index contributed by atoms with van der Waals surface area (Å²) in [6.07, 6.45) is 4.51. The third-order valence-electron chi connectivity index (χ3n) is 3.52. The van der Waals surface area contributed by atoms with Crippen LogP contribution >= 0.6 is 23.1 Å². The van der Waals surface area contributed by atoms with Gasteiger partial charge in [-0.1, -0.05) is 37.3 Å². The van der Waals surface area contributed by atoms with Crippen molar-refractivity contribution in [3.63, 3.8) is 0 Å². The number of nitrogens with zero attached hydrogens (tertiary/aromatic N) is 3. The van der Waals surface area contributed by atoms with Crippen molar-refractivity contribution in [2.45, 2.75) is 23.5 Å². The molecule has 0 aliphatic rings. The van der Waals surface area contributed by atoms with Gasteiger partial charge in [0.25, 0.3) is 0 Å². The van der Waals surface area contributed by atoms with E-state index in [0.29, 0.717) is 0 Å². The lowest BCUT2D eigenvalue weighted by Gasteiger charge is -1.99. The molecule has 0 saturated carbocycles. The molecule has 114 valence electrons. The van der Waals surface area contributed by atoms with Gasteiger partial charge in [-0.2, -0.15) is 0 Å². The van der Waals surface area contributed by atoms with E-state index in [1.54, 1.807) is 29.4 Å². The van der Waals surface area contributed by atoms with Crippen LogP contribution in [0.15, 0.2) is 59.1 Å². The molecule has 0 aliphatic heterocycles.